The molecule has 4 rings (SSSR count). The van der Waals surface area contributed by atoms with Crippen LogP contribution in [0.5, 0.6) is 0 Å². The van der Waals surface area contributed by atoms with Gasteiger partial charge in [-0.25, -0.2) is 18.1 Å². The molecular weight excluding hydrogens is 430 g/mol. The summed E-state index contributed by atoms with van der Waals surface area (Å²) in [5, 5.41) is 7.11. The largest absolute Gasteiger partial charge is 0.379 e. The van der Waals surface area contributed by atoms with Gasteiger partial charge in [0.15, 0.2) is 5.82 Å². The molecule has 1 amide bonds. The van der Waals surface area contributed by atoms with Crippen molar-refractivity contribution in [2.75, 3.05) is 26.3 Å². The number of hydrogen-bond donors (Lipinski definition) is 1. The molecule has 0 bridgehead atoms. The molecule has 1 fully saturated rings. The van der Waals surface area contributed by atoms with Gasteiger partial charge in [0.2, 0.25) is 15.9 Å². The maximum absolute atomic E-state index is 12.7. The van der Waals surface area contributed by atoms with Gasteiger partial charge in [-0.15, -0.1) is 0 Å². The molecule has 1 saturated heterocycles. The Hall–Kier alpha value is -3.08. The molecule has 1 N–H and O–H groups in total. The van der Waals surface area contributed by atoms with Crippen LogP contribution in [0.4, 0.5) is 0 Å². The lowest BCUT2D eigenvalue weighted by Gasteiger charge is -2.26. The molecule has 3 aromatic rings. The van der Waals surface area contributed by atoms with E-state index in [9.17, 15) is 13.2 Å². The summed E-state index contributed by atoms with van der Waals surface area (Å²) in [5.41, 5.74) is 1.77. The number of rotatable bonds is 8. The lowest BCUT2D eigenvalue weighted by Crippen LogP contribution is -2.40. The molecule has 0 unspecified atom stereocenters. The van der Waals surface area contributed by atoms with Crippen LogP contribution in [0.25, 0.3) is 5.82 Å². The third kappa shape index (κ3) is 5.21. The lowest BCUT2D eigenvalue weighted by atomic mass is 10.1. The minimum atomic E-state index is -3.51. The first kappa shape index (κ1) is 22.1. The van der Waals surface area contributed by atoms with Gasteiger partial charge in [0.25, 0.3) is 0 Å². The molecule has 0 aliphatic carbocycles. The zero-order valence-electron chi connectivity index (χ0n) is 17.6. The predicted molar refractivity (Wildman–Crippen MR) is 118 cm³/mol. The number of amides is 1. The van der Waals surface area contributed by atoms with E-state index >= 15 is 0 Å². The fraction of sp³-hybridized carbons (Fsp3) is 0.318. The van der Waals surface area contributed by atoms with Gasteiger partial charge in [-0.3, -0.25) is 4.79 Å². The smallest absolute Gasteiger partial charge is 0.243 e. The van der Waals surface area contributed by atoms with E-state index in [1.165, 1.54) is 4.31 Å². The van der Waals surface area contributed by atoms with Gasteiger partial charge < -0.3 is 10.1 Å². The quantitative estimate of drug-likeness (QED) is 0.552. The topological polar surface area (TPSA) is 106 Å². The standard InChI is InChI=1S/C22H25N5O4S/c28-21(24-17-19-3-1-10-23-22(19)27-12-2-11-25-27)9-6-18-4-7-20(8-5-18)32(29,30)26-13-15-31-16-14-26/h1-5,7-8,10-12H,6,9,13-17H2,(H,24,28). The second-order valence-corrected chi connectivity index (χ2v) is 9.31. The Labute approximate surface area is 187 Å². The van der Waals surface area contributed by atoms with Crippen molar-refractivity contribution in [2.24, 2.45) is 0 Å². The molecule has 32 heavy (non-hydrogen) atoms. The number of nitrogens with zero attached hydrogens (tertiary/aromatic N) is 4. The van der Waals surface area contributed by atoms with E-state index in [0.29, 0.717) is 51.5 Å². The van der Waals surface area contributed by atoms with E-state index in [-0.39, 0.29) is 10.8 Å². The van der Waals surface area contributed by atoms with Crippen LogP contribution in [-0.2, 0) is 32.5 Å². The average molecular weight is 456 g/mol. The molecule has 168 valence electrons. The summed E-state index contributed by atoms with van der Waals surface area (Å²) in [4.78, 5) is 17.0. The Morgan fingerprint density at radius 2 is 1.84 bits per heavy atom. The number of carbonyl (C=O) groups excluding carboxylic acids is 1. The predicted octanol–water partition coefficient (Wildman–Crippen LogP) is 1.54. The Bertz CT molecular complexity index is 1140. The summed E-state index contributed by atoms with van der Waals surface area (Å²) < 4.78 is 33.7. The highest BCUT2D eigenvalue weighted by atomic mass is 32.2. The molecule has 0 radical (unpaired) electrons. The monoisotopic (exact) mass is 455 g/mol. The first-order valence-corrected chi connectivity index (χ1v) is 11.9. The molecule has 9 nitrogen and oxygen atoms in total. The number of carbonyl (C=O) groups is 1. The Morgan fingerprint density at radius 3 is 2.56 bits per heavy atom. The lowest BCUT2D eigenvalue weighted by molar-refractivity contribution is -0.121. The molecule has 1 aliphatic rings. The van der Waals surface area contributed by atoms with Gasteiger partial charge in [-0.05, 0) is 36.2 Å². The van der Waals surface area contributed by atoms with Crippen LogP contribution in [0.3, 0.4) is 0 Å². The molecule has 1 aromatic carbocycles. The first-order chi connectivity index (χ1) is 15.5. The summed E-state index contributed by atoms with van der Waals surface area (Å²) in [7, 11) is -3.51. The van der Waals surface area contributed by atoms with E-state index in [2.05, 4.69) is 15.4 Å². The average Bonchev–Trinajstić information content (AvgIpc) is 3.37. The van der Waals surface area contributed by atoms with Crippen LogP contribution >= 0.6 is 0 Å². The summed E-state index contributed by atoms with van der Waals surface area (Å²) in [6.07, 6.45) is 5.98. The van der Waals surface area contributed by atoms with Crippen molar-refractivity contribution in [3.8, 4) is 5.82 Å². The second-order valence-electron chi connectivity index (χ2n) is 7.37. The van der Waals surface area contributed by atoms with Gasteiger partial charge in [0.1, 0.15) is 0 Å². The zero-order chi connectivity index (χ0) is 22.4. The zero-order valence-corrected chi connectivity index (χ0v) is 18.4. The number of pyridine rings is 1. The first-order valence-electron chi connectivity index (χ1n) is 10.4. The molecule has 0 saturated carbocycles. The number of benzene rings is 1. The third-order valence-electron chi connectivity index (χ3n) is 5.24. The number of ether oxygens (including phenoxy) is 1. The summed E-state index contributed by atoms with van der Waals surface area (Å²) in [5.74, 6) is 0.583. The fourth-order valence-corrected chi connectivity index (χ4v) is 4.88. The number of aryl methyl sites for hydroxylation is 1. The van der Waals surface area contributed by atoms with E-state index in [0.717, 1.165) is 11.1 Å². The van der Waals surface area contributed by atoms with Crippen LogP contribution in [-0.4, -0.2) is 59.7 Å². The van der Waals surface area contributed by atoms with Crippen LogP contribution in [0.15, 0.2) is 66.0 Å². The maximum atomic E-state index is 12.7. The number of hydrogen-bond acceptors (Lipinski definition) is 6. The van der Waals surface area contributed by atoms with Crippen molar-refractivity contribution in [1.82, 2.24) is 24.4 Å². The molecule has 1 aliphatic heterocycles. The highest BCUT2D eigenvalue weighted by Gasteiger charge is 2.26. The van der Waals surface area contributed by atoms with Gasteiger partial charge in [0.05, 0.1) is 18.1 Å². The third-order valence-corrected chi connectivity index (χ3v) is 7.15. The summed E-state index contributed by atoms with van der Waals surface area (Å²) >= 11 is 0. The van der Waals surface area contributed by atoms with E-state index in [1.807, 2.05) is 18.2 Å². The summed E-state index contributed by atoms with van der Waals surface area (Å²) in [6.45, 7) is 1.90. The van der Waals surface area contributed by atoms with Crippen LogP contribution in [0.2, 0.25) is 0 Å². The van der Waals surface area contributed by atoms with Crippen molar-refractivity contribution in [3.05, 3.63) is 72.2 Å². The van der Waals surface area contributed by atoms with Gasteiger partial charge >= 0.3 is 0 Å². The number of sulfonamides is 1. The van der Waals surface area contributed by atoms with Gasteiger partial charge in [-0.1, -0.05) is 18.2 Å². The van der Waals surface area contributed by atoms with Crippen molar-refractivity contribution < 1.29 is 17.9 Å². The van der Waals surface area contributed by atoms with Crippen LogP contribution in [0, 0.1) is 0 Å². The highest BCUT2D eigenvalue weighted by molar-refractivity contribution is 7.89. The van der Waals surface area contributed by atoms with Crippen LogP contribution < -0.4 is 5.32 Å². The number of morpholine rings is 1. The number of aromatic nitrogens is 3. The Balaban J connectivity index is 1.30. The van der Waals surface area contributed by atoms with E-state index < -0.39 is 10.0 Å². The maximum Gasteiger partial charge on any atom is 0.243 e. The molecule has 3 heterocycles. The molecule has 2 aromatic heterocycles. The van der Waals surface area contributed by atoms with Crippen LogP contribution in [0.1, 0.15) is 17.5 Å². The second kappa shape index (κ2) is 10.0. The van der Waals surface area contributed by atoms with E-state index in [1.54, 1.807) is 47.5 Å². The van der Waals surface area contributed by atoms with Crippen molar-refractivity contribution in [2.45, 2.75) is 24.3 Å². The van der Waals surface area contributed by atoms with Crippen molar-refractivity contribution >= 4 is 15.9 Å². The SMILES string of the molecule is O=C(CCc1ccc(S(=O)(=O)N2CCOCC2)cc1)NCc1cccnc1-n1cccn1. The Morgan fingerprint density at radius 1 is 1.06 bits per heavy atom. The number of nitrogens with one attached hydrogen (secondary N) is 1. The van der Waals surface area contributed by atoms with Crippen molar-refractivity contribution in [3.63, 3.8) is 0 Å². The fourth-order valence-electron chi connectivity index (χ4n) is 3.47. The van der Waals surface area contributed by atoms with Gasteiger partial charge in [0, 0.05) is 50.2 Å². The minimum Gasteiger partial charge on any atom is -0.379 e. The highest BCUT2D eigenvalue weighted by Crippen LogP contribution is 2.18. The summed E-state index contributed by atoms with van der Waals surface area (Å²) in [6, 6.07) is 12.3. The molecule has 10 heteroatoms. The Kier molecular flexibility index (Phi) is 6.93. The molecule has 0 spiro atoms. The molecular formula is C22H25N5O4S. The van der Waals surface area contributed by atoms with Gasteiger partial charge in [-0.2, -0.15) is 9.40 Å². The molecule has 0 atom stereocenters. The van der Waals surface area contributed by atoms with E-state index in [4.69, 9.17) is 4.74 Å². The minimum absolute atomic E-state index is 0.0923. The normalized spacial score (nSPS) is 14.9. The van der Waals surface area contributed by atoms with Crippen molar-refractivity contribution in [1.29, 1.82) is 0 Å².